The van der Waals surface area contributed by atoms with E-state index in [4.69, 9.17) is 9.47 Å². The summed E-state index contributed by atoms with van der Waals surface area (Å²) in [4.78, 5) is 29.8. The first kappa shape index (κ1) is 21.9. The zero-order chi connectivity index (χ0) is 22.5. The molecule has 2 aromatic carbocycles. The Bertz CT molecular complexity index is 1030. The predicted octanol–water partition coefficient (Wildman–Crippen LogP) is 2.04. The monoisotopic (exact) mass is 436 g/mol. The van der Waals surface area contributed by atoms with Gasteiger partial charge < -0.3 is 25.0 Å². The van der Waals surface area contributed by atoms with Crippen molar-refractivity contribution in [3.8, 4) is 11.5 Å². The third kappa shape index (κ3) is 5.09. The van der Waals surface area contributed by atoms with Gasteiger partial charge in [0.05, 0.1) is 12.8 Å². The molecule has 0 aromatic heterocycles. The van der Waals surface area contributed by atoms with Crippen LogP contribution in [-0.4, -0.2) is 75.0 Å². The lowest BCUT2D eigenvalue weighted by Crippen LogP contribution is -2.46. The summed E-state index contributed by atoms with van der Waals surface area (Å²) in [5, 5.41) is 5.77. The first-order chi connectivity index (χ1) is 15.5. The molecule has 0 radical (unpaired) electrons. The normalized spacial score (nSPS) is 17.9. The molecule has 8 nitrogen and oxygen atoms in total. The summed E-state index contributed by atoms with van der Waals surface area (Å²) < 4.78 is 11.1. The van der Waals surface area contributed by atoms with Gasteiger partial charge in [-0.05, 0) is 37.4 Å². The van der Waals surface area contributed by atoms with Gasteiger partial charge in [-0.1, -0.05) is 18.2 Å². The van der Waals surface area contributed by atoms with E-state index in [9.17, 15) is 9.59 Å². The van der Waals surface area contributed by atoms with Crippen molar-refractivity contribution in [3.63, 3.8) is 0 Å². The van der Waals surface area contributed by atoms with Crippen molar-refractivity contribution >= 4 is 23.6 Å². The minimum atomic E-state index is -0.379. The number of amides is 2. The topological polar surface area (TPSA) is 83.1 Å². The third-order valence-corrected chi connectivity index (χ3v) is 5.67. The van der Waals surface area contributed by atoms with Crippen LogP contribution in [0, 0.1) is 0 Å². The Labute approximate surface area is 187 Å². The van der Waals surface area contributed by atoms with Crippen LogP contribution in [0.2, 0.25) is 0 Å². The van der Waals surface area contributed by atoms with Gasteiger partial charge in [0.2, 0.25) is 0 Å². The number of likely N-dealkylation sites (N-methyl/N-ethyl adjacent to an activating group) is 1. The summed E-state index contributed by atoms with van der Waals surface area (Å²) in [6.45, 7) is 5.52. The summed E-state index contributed by atoms with van der Waals surface area (Å²) in [5.74, 6) is 0.736. The number of para-hydroxylation sites is 1. The zero-order valence-electron chi connectivity index (χ0n) is 18.4. The number of nitrogens with one attached hydrogen (secondary N) is 2. The molecule has 8 heteroatoms. The highest BCUT2D eigenvalue weighted by Crippen LogP contribution is 2.33. The van der Waals surface area contributed by atoms with Gasteiger partial charge in [-0.2, -0.15) is 0 Å². The second-order valence-electron chi connectivity index (χ2n) is 7.92. The van der Waals surface area contributed by atoms with Crippen LogP contribution in [0.3, 0.4) is 0 Å². The summed E-state index contributed by atoms with van der Waals surface area (Å²) in [6, 6.07) is 12.4. The molecule has 2 amide bonds. The highest BCUT2D eigenvalue weighted by molar-refractivity contribution is 6.09. The molecule has 4 rings (SSSR count). The quantitative estimate of drug-likeness (QED) is 0.675. The Hall–Kier alpha value is -3.36. The van der Waals surface area contributed by atoms with Gasteiger partial charge in [0.1, 0.15) is 5.75 Å². The van der Waals surface area contributed by atoms with Crippen LogP contribution in [0.1, 0.15) is 15.9 Å². The number of nitrogens with zero attached hydrogens (tertiary/aromatic N) is 2. The van der Waals surface area contributed by atoms with E-state index in [0.717, 1.165) is 38.3 Å². The Morgan fingerprint density at radius 2 is 1.97 bits per heavy atom. The fraction of sp³-hybridized carbons (Fsp3) is 0.333. The average Bonchev–Trinajstić information content (AvgIpc) is 2.81. The van der Waals surface area contributed by atoms with Crippen LogP contribution in [0.4, 0.5) is 5.69 Å². The van der Waals surface area contributed by atoms with Gasteiger partial charge in [0.15, 0.2) is 11.5 Å². The van der Waals surface area contributed by atoms with Gasteiger partial charge in [-0.3, -0.25) is 14.5 Å². The highest BCUT2D eigenvalue weighted by Gasteiger charge is 2.24. The molecule has 0 atom stereocenters. The minimum absolute atomic E-state index is 0.159. The first-order valence-electron chi connectivity index (χ1n) is 10.7. The van der Waals surface area contributed by atoms with E-state index in [0.29, 0.717) is 29.3 Å². The van der Waals surface area contributed by atoms with Gasteiger partial charge in [-0.15, -0.1) is 0 Å². The number of ether oxygens (including phenoxy) is 2. The van der Waals surface area contributed by atoms with Crippen LogP contribution in [0.25, 0.3) is 6.08 Å². The number of benzene rings is 2. The van der Waals surface area contributed by atoms with E-state index >= 15 is 0 Å². The number of carbonyl (C=O) groups excluding carboxylic acids is 2. The van der Waals surface area contributed by atoms with E-state index < -0.39 is 0 Å². The van der Waals surface area contributed by atoms with E-state index in [2.05, 4.69) is 27.5 Å². The second-order valence-corrected chi connectivity index (χ2v) is 7.92. The molecule has 2 heterocycles. The van der Waals surface area contributed by atoms with Crippen molar-refractivity contribution in [3.05, 3.63) is 59.4 Å². The lowest BCUT2D eigenvalue weighted by atomic mass is 10.1. The summed E-state index contributed by atoms with van der Waals surface area (Å²) in [7, 11) is 3.70. The fourth-order valence-electron chi connectivity index (χ4n) is 3.73. The van der Waals surface area contributed by atoms with Crippen molar-refractivity contribution < 1.29 is 19.1 Å². The fourth-order valence-corrected chi connectivity index (χ4v) is 3.73. The SMILES string of the molecule is COc1ccccc1C=C1Oc2ccc(C(=O)NCCN3CCN(C)CC3)cc2NC1=O. The second kappa shape index (κ2) is 9.84. The van der Waals surface area contributed by atoms with Gasteiger partial charge in [-0.25, -0.2) is 0 Å². The lowest BCUT2D eigenvalue weighted by molar-refractivity contribution is -0.115. The highest BCUT2D eigenvalue weighted by atomic mass is 16.5. The van der Waals surface area contributed by atoms with Crippen molar-refractivity contribution in [1.82, 2.24) is 15.1 Å². The van der Waals surface area contributed by atoms with E-state index in [1.54, 1.807) is 31.4 Å². The molecule has 0 bridgehead atoms. The Morgan fingerprint density at radius 3 is 2.75 bits per heavy atom. The van der Waals surface area contributed by atoms with Crippen LogP contribution in [0.5, 0.6) is 11.5 Å². The summed E-state index contributed by atoms with van der Waals surface area (Å²) in [5.41, 5.74) is 1.68. The van der Waals surface area contributed by atoms with E-state index in [-0.39, 0.29) is 17.6 Å². The van der Waals surface area contributed by atoms with Crippen molar-refractivity contribution in [2.24, 2.45) is 0 Å². The average molecular weight is 437 g/mol. The maximum absolute atomic E-state index is 12.6. The Morgan fingerprint density at radius 1 is 1.19 bits per heavy atom. The minimum Gasteiger partial charge on any atom is -0.496 e. The molecule has 0 spiro atoms. The molecule has 0 saturated carbocycles. The maximum atomic E-state index is 12.6. The summed E-state index contributed by atoms with van der Waals surface area (Å²) in [6.07, 6.45) is 1.64. The predicted molar refractivity (Wildman–Crippen MR) is 123 cm³/mol. The number of hydrogen-bond donors (Lipinski definition) is 2. The van der Waals surface area contributed by atoms with Crippen LogP contribution < -0.4 is 20.1 Å². The molecule has 2 aliphatic rings. The summed E-state index contributed by atoms with van der Waals surface area (Å²) >= 11 is 0. The van der Waals surface area contributed by atoms with Crippen molar-refractivity contribution in [2.75, 3.05) is 58.7 Å². The number of piperazine rings is 1. The molecule has 1 fully saturated rings. The molecular formula is C24H28N4O4. The van der Waals surface area contributed by atoms with E-state index in [1.165, 1.54) is 0 Å². The van der Waals surface area contributed by atoms with E-state index in [1.807, 2.05) is 24.3 Å². The smallest absolute Gasteiger partial charge is 0.291 e. The number of rotatable bonds is 6. The lowest BCUT2D eigenvalue weighted by Gasteiger charge is -2.32. The number of fused-ring (bicyclic) bond motifs is 1. The van der Waals surface area contributed by atoms with Crippen molar-refractivity contribution in [2.45, 2.75) is 0 Å². The zero-order valence-corrected chi connectivity index (χ0v) is 18.4. The third-order valence-electron chi connectivity index (χ3n) is 5.67. The molecule has 1 saturated heterocycles. The Balaban J connectivity index is 1.39. The van der Waals surface area contributed by atoms with Gasteiger partial charge >= 0.3 is 0 Å². The number of methoxy groups -OCH3 is 1. The van der Waals surface area contributed by atoms with Crippen LogP contribution in [-0.2, 0) is 4.79 Å². The maximum Gasteiger partial charge on any atom is 0.291 e. The first-order valence-corrected chi connectivity index (χ1v) is 10.7. The molecular weight excluding hydrogens is 408 g/mol. The molecule has 2 aromatic rings. The number of hydrogen-bond acceptors (Lipinski definition) is 6. The van der Waals surface area contributed by atoms with Gasteiger partial charge in [0, 0.05) is 50.4 Å². The standard InChI is InChI=1S/C24H28N4O4/c1-27-11-13-28(14-12-27)10-9-25-23(29)18-7-8-21-19(15-18)26-24(30)22(32-21)16-17-5-3-4-6-20(17)31-2/h3-8,15-16H,9-14H2,1-2H3,(H,25,29)(H,26,30). The molecule has 0 unspecified atom stereocenters. The van der Waals surface area contributed by atoms with Gasteiger partial charge in [0.25, 0.3) is 11.8 Å². The molecule has 32 heavy (non-hydrogen) atoms. The van der Waals surface area contributed by atoms with Crippen LogP contribution in [0.15, 0.2) is 48.2 Å². The number of carbonyl (C=O) groups is 2. The number of anilines is 1. The Kier molecular flexibility index (Phi) is 6.72. The molecule has 168 valence electrons. The van der Waals surface area contributed by atoms with Crippen LogP contribution >= 0.6 is 0 Å². The van der Waals surface area contributed by atoms with Crippen molar-refractivity contribution in [1.29, 1.82) is 0 Å². The molecule has 0 aliphatic carbocycles. The molecule has 2 aliphatic heterocycles. The largest absolute Gasteiger partial charge is 0.496 e. The molecule has 2 N–H and O–H groups in total.